The molecule has 1 aliphatic carbocycles. The van der Waals surface area contributed by atoms with E-state index in [0.29, 0.717) is 45.3 Å². The number of carbonyl (C=O) groups excluding carboxylic acids is 1. The Labute approximate surface area is 207 Å². The van der Waals surface area contributed by atoms with Gasteiger partial charge in [0.2, 0.25) is 0 Å². The van der Waals surface area contributed by atoms with Gasteiger partial charge in [0.1, 0.15) is 16.2 Å². The lowest BCUT2D eigenvalue weighted by Crippen LogP contribution is -2.55. The average Bonchev–Trinajstić information content (AvgIpc) is 3.37. The zero-order valence-electron chi connectivity index (χ0n) is 17.4. The monoisotopic (exact) mass is 557 g/mol. The number of carboxylic acids is 1. The highest BCUT2D eigenvalue weighted by molar-refractivity contribution is 7.17. The average molecular weight is 558 g/mol. The Kier molecular flexibility index (Phi) is 8.14. The largest absolute Gasteiger partial charge is 0.490 e. The number of carboxylic acid groups (broad SMARTS) is 1. The van der Waals surface area contributed by atoms with Crippen molar-refractivity contribution >= 4 is 68.0 Å². The molecule has 3 aromatic rings. The Morgan fingerprint density at radius 2 is 1.94 bits per heavy atom. The number of hydrogen-bond donors (Lipinski definition) is 4. The summed E-state index contributed by atoms with van der Waals surface area (Å²) in [4.78, 5) is 30.8. The van der Waals surface area contributed by atoms with E-state index >= 15 is 0 Å². The fraction of sp³-hybridized carbons (Fsp3) is 0.368. The lowest BCUT2D eigenvalue weighted by Gasteiger charge is -2.36. The molecule has 0 unspecified atom stereocenters. The topological polar surface area (TPSA) is 130 Å². The molecular formula is C19H17ClF5N5O3S2. The first-order chi connectivity index (χ1) is 16.3. The first-order valence-corrected chi connectivity index (χ1v) is 12.0. The van der Waals surface area contributed by atoms with Gasteiger partial charge in [-0.15, -0.1) is 22.7 Å². The number of nitrogens with one attached hydrogen (secondary N) is 2. The van der Waals surface area contributed by atoms with Crippen LogP contribution < -0.4 is 16.4 Å². The molecule has 2 atom stereocenters. The van der Waals surface area contributed by atoms with Gasteiger partial charge in [0.05, 0.1) is 28.5 Å². The van der Waals surface area contributed by atoms with Crippen molar-refractivity contribution in [2.45, 2.75) is 43.4 Å². The Hall–Kier alpha value is -2.62. The summed E-state index contributed by atoms with van der Waals surface area (Å²) in [5.41, 5.74) is 7.00. The Morgan fingerprint density at radius 1 is 1.26 bits per heavy atom. The second kappa shape index (κ2) is 10.6. The van der Waals surface area contributed by atoms with Gasteiger partial charge >= 0.3 is 12.1 Å². The lowest BCUT2D eigenvalue weighted by molar-refractivity contribution is -0.192. The fourth-order valence-corrected chi connectivity index (χ4v) is 4.94. The Bertz CT molecular complexity index is 1220. The fourth-order valence-electron chi connectivity index (χ4n) is 3.15. The van der Waals surface area contributed by atoms with Crippen molar-refractivity contribution in [2.75, 3.05) is 10.6 Å². The summed E-state index contributed by atoms with van der Waals surface area (Å²) in [6.07, 6.45) is -2.93. The molecule has 1 saturated carbocycles. The summed E-state index contributed by atoms with van der Waals surface area (Å²) in [7, 11) is 0. The van der Waals surface area contributed by atoms with Crippen molar-refractivity contribution in [3.05, 3.63) is 32.9 Å². The third kappa shape index (κ3) is 6.54. The molecule has 0 aliphatic heterocycles. The number of rotatable bonds is 4. The van der Waals surface area contributed by atoms with Gasteiger partial charge in [0, 0.05) is 28.6 Å². The van der Waals surface area contributed by atoms with Gasteiger partial charge in [-0.3, -0.25) is 4.79 Å². The molecule has 0 radical (unpaired) electrons. The number of alkyl halides is 5. The SMILES string of the molecule is N[C@@H]1[C@H](Nc2cnc3scc(C(=O)Nc4cscc4Cl)c3n2)CCCC1(F)F.O=C(O)C(F)(F)F. The predicted molar refractivity (Wildman–Crippen MR) is 123 cm³/mol. The highest BCUT2D eigenvalue weighted by atomic mass is 35.5. The number of fused-ring (bicyclic) bond motifs is 1. The van der Waals surface area contributed by atoms with Crippen LogP contribution in [0, 0.1) is 0 Å². The zero-order chi connectivity index (χ0) is 26.0. The van der Waals surface area contributed by atoms with Crippen LogP contribution in [0.15, 0.2) is 22.3 Å². The van der Waals surface area contributed by atoms with Gasteiger partial charge in [-0.25, -0.2) is 23.5 Å². The number of hydrogen-bond acceptors (Lipinski definition) is 8. The zero-order valence-corrected chi connectivity index (χ0v) is 19.8. The van der Waals surface area contributed by atoms with Crippen molar-refractivity contribution in [1.82, 2.24) is 9.97 Å². The number of carbonyl (C=O) groups is 2. The van der Waals surface area contributed by atoms with Crippen molar-refractivity contribution in [2.24, 2.45) is 5.73 Å². The molecule has 1 amide bonds. The first-order valence-electron chi connectivity index (χ1n) is 9.77. The van der Waals surface area contributed by atoms with Crippen LogP contribution in [0.5, 0.6) is 0 Å². The summed E-state index contributed by atoms with van der Waals surface area (Å²) in [6, 6.07) is -1.92. The second-order valence-corrected chi connectivity index (χ2v) is 9.39. The molecule has 4 rings (SSSR count). The molecule has 3 heterocycles. The van der Waals surface area contributed by atoms with Crippen LogP contribution in [0.2, 0.25) is 5.02 Å². The van der Waals surface area contributed by atoms with Crippen LogP contribution in [0.3, 0.4) is 0 Å². The quantitative estimate of drug-likeness (QED) is 0.324. The van der Waals surface area contributed by atoms with Crippen molar-refractivity contribution in [1.29, 1.82) is 0 Å². The second-order valence-electron chi connectivity index (χ2n) is 7.38. The summed E-state index contributed by atoms with van der Waals surface area (Å²) in [6.45, 7) is 0. The van der Waals surface area contributed by atoms with Crippen LogP contribution in [-0.4, -0.2) is 51.1 Å². The minimum atomic E-state index is -5.08. The summed E-state index contributed by atoms with van der Waals surface area (Å²) in [5, 5.41) is 18.4. The van der Waals surface area contributed by atoms with Gasteiger partial charge in [-0.1, -0.05) is 11.6 Å². The Morgan fingerprint density at radius 3 is 2.54 bits per heavy atom. The highest BCUT2D eigenvalue weighted by Gasteiger charge is 2.44. The number of nitrogens with two attached hydrogens (primary N) is 1. The van der Waals surface area contributed by atoms with E-state index < -0.39 is 30.2 Å². The minimum Gasteiger partial charge on any atom is -0.475 e. The van der Waals surface area contributed by atoms with E-state index in [9.17, 15) is 26.7 Å². The van der Waals surface area contributed by atoms with E-state index in [2.05, 4.69) is 20.6 Å². The van der Waals surface area contributed by atoms with E-state index in [4.69, 9.17) is 27.2 Å². The molecular weight excluding hydrogens is 541 g/mol. The molecule has 0 saturated heterocycles. The van der Waals surface area contributed by atoms with E-state index in [1.807, 2.05) is 0 Å². The maximum absolute atomic E-state index is 13.9. The molecule has 1 aliphatic rings. The summed E-state index contributed by atoms with van der Waals surface area (Å²) < 4.78 is 59.5. The summed E-state index contributed by atoms with van der Waals surface area (Å²) >= 11 is 8.67. The van der Waals surface area contributed by atoms with Gasteiger partial charge in [0.15, 0.2) is 0 Å². The third-order valence-corrected chi connectivity index (χ3v) is 6.97. The van der Waals surface area contributed by atoms with E-state index in [1.54, 1.807) is 16.1 Å². The van der Waals surface area contributed by atoms with Crippen molar-refractivity contribution in [3.63, 3.8) is 0 Å². The highest BCUT2D eigenvalue weighted by Crippen LogP contribution is 2.34. The number of aliphatic carboxylic acids is 1. The van der Waals surface area contributed by atoms with Crippen LogP contribution in [-0.2, 0) is 4.79 Å². The van der Waals surface area contributed by atoms with Gasteiger partial charge in [0.25, 0.3) is 11.8 Å². The number of nitrogens with zero attached hydrogens (tertiary/aromatic N) is 2. The van der Waals surface area contributed by atoms with Crippen molar-refractivity contribution < 1.29 is 36.6 Å². The van der Waals surface area contributed by atoms with E-state index in [0.717, 1.165) is 0 Å². The molecule has 5 N–H and O–H groups in total. The van der Waals surface area contributed by atoms with Gasteiger partial charge in [-0.05, 0) is 12.8 Å². The molecule has 3 aromatic heterocycles. The minimum absolute atomic E-state index is 0.211. The van der Waals surface area contributed by atoms with Crippen LogP contribution in [0.4, 0.5) is 33.5 Å². The maximum atomic E-state index is 13.9. The molecule has 0 spiro atoms. The molecule has 8 nitrogen and oxygen atoms in total. The predicted octanol–water partition coefficient (Wildman–Crippen LogP) is 5.22. The maximum Gasteiger partial charge on any atom is 0.490 e. The van der Waals surface area contributed by atoms with Crippen LogP contribution in [0.25, 0.3) is 10.3 Å². The third-order valence-electron chi connectivity index (χ3n) is 4.91. The molecule has 190 valence electrons. The number of amides is 1. The van der Waals surface area contributed by atoms with E-state index in [-0.39, 0.29) is 12.3 Å². The van der Waals surface area contributed by atoms with Gasteiger partial charge < -0.3 is 21.5 Å². The molecule has 16 heteroatoms. The molecule has 0 aromatic carbocycles. The number of anilines is 2. The van der Waals surface area contributed by atoms with E-state index in [1.165, 1.54) is 28.9 Å². The standard InChI is InChI=1S/C17H16ClF2N5OS2.C2HF3O2/c18-9-6-27-7-11(9)24-15(26)8-5-28-16-13(8)25-12(4-22-16)23-10-2-1-3-17(19,20)14(10)21;3-2(4,5)1(6)7/h4-7,10,14H,1-3,21H2,(H,23,25)(H,24,26);(H,6,7)/t10-,14-;/m1./s1. The normalized spacial score (nSPS) is 19.5. The Balaban J connectivity index is 0.000000429. The lowest BCUT2D eigenvalue weighted by atomic mass is 9.87. The molecule has 0 bridgehead atoms. The molecule has 35 heavy (non-hydrogen) atoms. The smallest absolute Gasteiger partial charge is 0.475 e. The number of thiophene rings is 2. The molecule has 1 fully saturated rings. The summed E-state index contributed by atoms with van der Waals surface area (Å²) in [5.74, 6) is -5.72. The first kappa shape index (κ1) is 27.0. The van der Waals surface area contributed by atoms with Crippen LogP contribution >= 0.6 is 34.3 Å². The number of halogens is 6. The van der Waals surface area contributed by atoms with Gasteiger partial charge in [-0.2, -0.15) is 13.2 Å². The number of aromatic nitrogens is 2. The van der Waals surface area contributed by atoms with Crippen LogP contribution in [0.1, 0.15) is 29.6 Å². The van der Waals surface area contributed by atoms with Crippen molar-refractivity contribution in [3.8, 4) is 0 Å².